The Morgan fingerprint density at radius 3 is 1.90 bits per heavy atom. The predicted molar refractivity (Wildman–Crippen MR) is 170 cm³/mol. The quantitative estimate of drug-likeness (QED) is 0.266. The number of hydrogen-bond donors (Lipinski definition) is 4. The highest BCUT2D eigenvalue weighted by atomic mass is 35.5. The molecule has 0 fully saturated rings. The molecular weight excluding hydrogens is 680 g/mol. The lowest BCUT2D eigenvalue weighted by Crippen LogP contribution is -2.32. The number of aromatic amines is 2. The average Bonchev–Trinajstić information content (AvgIpc) is 3.84. The summed E-state index contributed by atoms with van der Waals surface area (Å²) in [6.07, 6.45) is 13.8. The minimum atomic E-state index is -3.46. The number of allylic oxidation sites excluding steroid dienone is 1. The van der Waals surface area contributed by atoms with Crippen LogP contribution < -0.4 is 15.8 Å². The van der Waals surface area contributed by atoms with E-state index in [1.807, 2.05) is 33.1 Å². The fourth-order valence-electron chi connectivity index (χ4n) is 2.45. The number of methoxy groups -OCH3 is 2. The van der Waals surface area contributed by atoms with Gasteiger partial charge in [-0.15, -0.1) is 12.4 Å². The molecule has 0 aliphatic carbocycles. The molecule has 22 heteroatoms. The number of carbonyl (C=O) groups is 1. The molecule has 0 unspecified atom stereocenters. The molecule has 1 aliphatic rings. The summed E-state index contributed by atoms with van der Waals surface area (Å²) in [5.41, 5.74) is 6.58. The molecule has 0 bridgehead atoms. The molecule has 0 saturated carbocycles. The van der Waals surface area contributed by atoms with Crippen LogP contribution in [0.25, 0.3) is 0 Å². The molecule has 0 spiro atoms. The van der Waals surface area contributed by atoms with Crippen molar-refractivity contribution < 1.29 is 46.6 Å². The highest BCUT2D eigenvalue weighted by Gasteiger charge is 2.17. The molecular formula is C26H41ClN10O10S. The summed E-state index contributed by atoms with van der Waals surface area (Å²) in [7, 11) is 2.48. The SMILES string of the molecule is CC(C)(C)OC(=O)NCc1cnc[nH]1.COC1=CCC=N1.COc1cn(S(=O)(=O)N(C)C)cn1.Cl.NCc1cnc[nH]1.O=C=O.O=C=O. The third-order valence-corrected chi connectivity index (χ3v) is 6.11. The number of nitrogens with two attached hydrogens (primary N) is 1. The maximum Gasteiger partial charge on any atom is 0.407 e. The Bertz CT molecular complexity index is 1480. The number of H-pyrrole nitrogens is 2. The third-order valence-electron chi connectivity index (χ3n) is 4.45. The minimum absolute atomic E-state index is 0. The van der Waals surface area contributed by atoms with Crippen LogP contribution in [0.5, 0.6) is 5.88 Å². The van der Waals surface area contributed by atoms with Gasteiger partial charge in [0.2, 0.25) is 11.8 Å². The van der Waals surface area contributed by atoms with Crippen molar-refractivity contribution >= 4 is 47.2 Å². The normalized spacial score (nSPS) is 10.6. The van der Waals surface area contributed by atoms with E-state index in [2.05, 4.69) is 35.2 Å². The van der Waals surface area contributed by atoms with Crippen molar-refractivity contribution in [1.29, 1.82) is 0 Å². The van der Waals surface area contributed by atoms with Gasteiger partial charge in [-0.2, -0.15) is 31.9 Å². The van der Waals surface area contributed by atoms with Crippen LogP contribution in [0.4, 0.5) is 4.79 Å². The molecule has 3 aromatic heterocycles. The molecule has 48 heavy (non-hydrogen) atoms. The number of ether oxygens (including phenoxy) is 3. The molecule has 0 saturated heterocycles. The van der Waals surface area contributed by atoms with Crippen LogP contribution in [0.1, 0.15) is 38.6 Å². The van der Waals surface area contributed by atoms with Crippen molar-refractivity contribution in [3.05, 3.63) is 60.9 Å². The van der Waals surface area contributed by atoms with Gasteiger partial charge in [0.05, 0.1) is 45.3 Å². The predicted octanol–water partition coefficient (Wildman–Crippen LogP) is 1.05. The van der Waals surface area contributed by atoms with E-state index in [9.17, 15) is 13.2 Å². The highest BCUT2D eigenvalue weighted by molar-refractivity contribution is 7.87. The van der Waals surface area contributed by atoms with Crippen LogP contribution in [0, 0.1) is 0 Å². The number of rotatable bonds is 7. The Morgan fingerprint density at radius 1 is 1.04 bits per heavy atom. The second-order valence-corrected chi connectivity index (χ2v) is 11.3. The smallest absolute Gasteiger partial charge is 0.407 e. The molecule has 4 heterocycles. The molecule has 5 N–H and O–H groups in total. The number of carbonyl (C=O) groups excluding carboxylic acids is 5. The van der Waals surface area contributed by atoms with E-state index in [0.29, 0.717) is 13.1 Å². The Morgan fingerprint density at radius 2 is 1.58 bits per heavy atom. The standard InChI is InChI=1S/C9H15N3O2.C6H11N3O3S.C5H7NO.C4H7N3.2CO2.ClH/c1-9(2,3)14-8(13)11-5-7-4-10-6-12-7;1-8(2)13(10,11)9-4-6(12-3)7-5-9;1-7-5-3-2-4-6-5;5-1-4-2-6-3-7-4;2*2-1-3;/h4,6H,5H2,1-3H3,(H,10,12)(H,11,13);4-5H,1-3H3;3-4H,2H2,1H3;2-3H,1,5H2,(H,6,7);;;1H. The number of amides is 1. The summed E-state index contributed by atoms with van der Waals surface area (Å²) in [6.45, 7) is 6.41. The zero-order chi connectivity index (χ0) is 36.3. The van der Waals surface area contributed by atoms with E-state index in [4.69, 9.17) is 39.1 Å². The average molecular weight is 721 g/mol. The van der Waals surface area contributed by atoms with Gasteiger partial charge in [-0.3, -0.25) is 0 Å². The van der Waals surface area contributed by atoms with Crippen molar-refractivity contribution in [2.75, 3.05) is 28.3 Å². The van der Waals surface area contributed by atoms with Crippen LogP contribution in [0.2, 0.25) is 0 Å². The lowest BCUT2D eigenvalue weighted by Gasteiger charge is -2.19. The first-order chi connectivity index (χ1) is 22.1. The molecule has 1 aliphatic heterocycles. The van der Waals surface area contributed by atoms with Crippen LogP contribution in [-0.2, 0) is 52.0 Å². The van der Waals surface area contributed by atoms with E-state index in [1.54, 1.807) is 32.2 Å². The number of hydrogen-bond acceptors (Lipinski definition) is 15. The van der Waals surface area contributed by atoms with Crippen LogP contribution >= 0.6 is 12.4 Å². The maximum absolute atomic E-state index is 11.5. The Kier molecular flexibility index (Phi) is 26.6. The minimum Gasteiger partial charge on any atom is -0.481 e. The van der Waals surface area contributed by atoms with Crippen molar-refractivity contribution in [3.8, 4) is 5.88 Å². The van der Waals surface area contributed by atoms with Gasteiger partial charge >= 0.3 is 28.6 Å². The van der Waals surface area contributed by atoms with Gasteiger partial charge in [0, 0.05) is 51.4 Å². The summed E-state index contributed by atoms with van der Waals surface area (Å²) in [6, 6.07) is 0. The lowest BCUT2D eigenvalue weighted by molar-refractivity contribution is -0.193. The number of alkyl carbamates (subject to hydrolysis) is 1. The Balaban J connectivity index is -0.000000546. The van der Waals surface area contributed by atoms with Gasteiger partial charge in [-0.05, 0) is 26.8 Å². The van der Waals surface area contributed by atoms with E-state index in [0.717, 1.165) is 32.0 Å². The van der Waals surface area contributed by atoms with Crippen molar-refractivity contribution in [1.82, 2.24) is 38.5 Å². The topological polar surface area (TPSA) is 276 Å². The number of nitrogens with zero attached hydrogens (tertiary/aromatic N) is 6. The zero-order valence-corrected chi connectivity index (χ0v) is 29.0. The number of halogens is 1. The first-order valence-electron chi connectivity index (χ1n) is 13.0. The van der Waals surface area contributed by atoms with Gasteiger partial charge in [-0.1, -0.05) is 0 Å². The highest BCUT2D eigenvalue weighted by Crippen LogP contribution is 2.09. The Labute approximate surface area is 283 Å². The third kappa shape index (κ3) is 23.2. The van der Waals surface area contributed by atoms with Gasteiger partial charge in [0.15, 0.2) is 0 Å². The van der Waals surface area contributed by atoms with Crippen LogP contribution in [0.3, 0.4) is 0 Å². The van der Waals surface area contributed by atoms with Gasteiger partial charge in [0.25, 0.3) is 0 Å². The summed E-state index contributed by atoms with van der Waals surface area (Å²) in [4.78, 5) is 64.6. The van der Waals surface area contributed by atoms with Gasteiger partial charge in [0.1, 0.15) is 11.9 Å². The van der Waals surface area contributed by atoms with E-state index >= 15 is 0 Å². The number of imidazole rings is 3. The number of nitrogens with one attached hydrogen (secondary N) is 3. The van der Waals surface area contributed by atoms with E-state index < -0.39 is 21.9 Å². The summed E-state index contributed by atoms with van der Waals surface area (Å²) in [5, 5.41) is 2.61. The molecule has 0 aromatic carbocycles. The first kappa shape index (κ1) is 47.2. The monoisotopic (exact) mass is 720 g/mol. The first-order valence-corrected chi connectivity index (χ1v) is 14.4. The van der Waals surface area contributed by atoms with Crippen molar-refractivity contribution in [2.24, 2.45) is 10.7 Å². The molecule has 268 valence electrons. The van der Waals surface area contributed by atoms with E-state index in [1.165, 1.54) is 33.7 Å². The van der Waals surface area contributed by atoms with E-state index in [-0.39, 0.29) is 30.6 Å². The van der Waals surface area contributed by atoms with Gasteiger partial charge < -0.3 is 35.2 Å². The largest absolute Gasteiger partial charge is 0.481 e. The molecule has 3 aromatic rings. The second kappa shape index (κ2) is 27.0. The van der Waals surface area contributed by atoms with Crippen molar-refractivity contribution in [2.45, 2.75) is 45.9 Å². The summed E-state index contributed by atoms with van der Waals surface area (Å²) in [5.74, 6) is 1.01. The molecule has 20 nitrogen and oxygen atoms in total. The molecule has 0 radical (unpaired) electrons. The fourth-order valence-corrected chi connectivity index (χ4v) is 3.22. The molecule has 0 atom stereocenters. The van der Waals surface area contributed by atoms with Crippen LogP contribution in [-0.4, -0.2) is 100 Å². The summed E-state index contributed by atoms with van der Waals surface area (Å²) < 4.78 is 39.6. The molecule has 1 amide bonds. The Hall–Kier alpha value is -5.17. The van der Waals surface area contributed by atoms with Crippen molar-refractivity contribution in [3.63, 3.8) is 0 Å². The maximum atomic E-state index is 11.5. The summed E-state index contributed by atoms with van der Waals surface area (Å²) >= 11 is 0. The zero-order valence-electron chi connectivity index (χ0n) is 27.4. The van der Waals surface area contributed by atoms with Crippen LogP contribution in [0.15, 0.2) is 54.5 Å². The number of aliphatic imine (C=N–C) groups is 1. The fraction of sp³-hybridized carbons (Fsp3) is 0.423. The lowest BCUT2D eigenvalue weighted by atomic mass is 10.2. The second-order valence-electron chi connectivity index (χ2n) is 9.21. The molecule has 4 rings (SSSR count). The number of aromatic nitrogens is 6. The van der Waals surface area contributed by atoms with Gasteiger partial charge in [-0.25, -0.2) is 28.7 Å².